The summed E-state index contributed by atoms with van der Waals surface area (Å²) in [7, 11) is 0. The average molecular weight is 533 g/mol. The fraction of sp³-hybridized carbons (Fsp3) is 0.455. The number of carbonyl (C=O) groups excluding carboxylic acids is 1. The van der Waals surface area contributed by atoms with Crippen LogP contribution < -0.4 is 0 Å². The van der Waals surface area contributed by atoms with Crippen molar-refractivity contribution in [2.75, 3.05) is 6.54 Å². The number of fused-ring (bicyclic) bond motifs is 2. The first-order valence-electron chi connectivity index (χ1n) is 14.3. The molecule has 204 valence electrons. The van der Waals surface area contributed by atoms with E-state index in [1.807, 2.05) is 11.0 Å². The van der Waals surface area contributed by atoms with Crippen LogP contribution >= 0.6 is 0 Å². The number of benzene rings is 2. The molecular weight excluding hydrogens is 497 g/mol. The summed E-state index contributed by atoms with van der Waals surface area (Å²) in [4.78, 5) is 19.9. The Hall–Kier alpha value is -3.15. The molecule has 3 aliphatic rings. The number of aryl methyl sites for hydroxylation is 1. The van der Waals surface area contributed by atoms with Crippen LogP contribution in [0.2, 0.25) is 0 Å². The lowest BCUT2D eigenvalue weighted by Gasteiger charge is -2.37. The Morgan fingerprint density at radius 1 is 1.08 bits per heavy atom. The van der Waals surface area contributed by atoms with Crippen LogP contribution in [0.25, 0.3) is 11.1 Å². The third kappa shape index (κ3) is 5.10. The highest BCUT2D eigenvalue weighted by Crippen LogP contribution is 2.58. The number of aromatic nitrogens is 1. The van der Waals surface area contributed by atoms with Gasteiger partial charge in [-0.3, -0.25) is 9.78 Å². The highest BCUT2D eigenvalue weighted by molar-refractivity contribution is 5.84. The van der Waals surface area contributed by atoms with Gasteiger partial charge in [0, 0.05) is 31.4 Å². The fourth-order valence-corrected chi connectivity index (χ4v) is 7.63. The molecule has 2 saturated carbocycles. The van der Waals surface area contributed by atoms with Crippen molar-refractivity contribution in [3.05, 3.63) is 89.2 Å². The first-order valence-corrected chi connectivity index (χ1v) is 14.3. The van der Waals surface area contributed by atoms with E-state index in [4.69, 9.17) is 0 Å². The summed E-state index contributed by atoms with van der Waals surface area (Å²) >= 11 is 0. The molecule has 0 bridgehead atoms. The molecule has 3 nitrogen and oxygen atoms in total. The van der Waals surface area contributed by atoms with E-state index in [1.54, 1.807) is 0 Å². The number of alkyl halides is 3. The molecule has 0 saturated heterocycles. The normalized spacial score (nSPS) is 24.4. The van der Waals surface area contributed by atoms with E-state index < -0.39 is 11.7 Å². The molecular formula is C33H35F3N2O. The molecule has 3 atom stereocenters. The van der Waals surface area contributed by atoms with Crippen molar-refractivity contribution >= 4 is 5.91 Å². The van der Waals surface area contributed by atoms with Gasteiger partial charge in [-0.1, -0.05) is 67.4 Å². The van der Waals surface area contributed by atoms with Crippen molar-refractivity contribution in [1.29, 1.82) is 0 Å². The number of hydrogen-bond acceptors (Lipinski definition) is 2. The summed E-state index contributed by atoms with van der Waals surface area (Å²) in [5, 5.41) is 0. The van der Waals surface area contributed by atoms with Crippen molar-refractivity contribution in [3.63, 3.8) is 0 Å². The molecule has 2 aromatic carbocycles. The van der Waals surface area contributed by atoms with Gasteiger partial charge in [0.15, 0.2) is 0 Å². The minimum Gasteiger partial charge on any atom is -0.337 e. The summed E-state index contributed by atoms with van der Waals surface area (Å²) in [6.45, 7) is 0.778. The zero-order valence-corrected chi connectivity index (χ0v) is 22.2. The molecule has 2 aliphatic carbocycles. The van der Waals surface area contributed by atoms with Crippen LogP contribution in [0.5, 0.6) is 0 Å². The van der Waals surface area contributed by atoms with Crippen molar-refractivity contribution in [2.45, 2.75) is 70.5 Å². The van der Waals surface area contributed by atoms with E-state index in [9.17, 15) is 18.0 Å². The standard InChI is InChI=1S/C33H35F3N2O/c34-33(35,36)28-19-26-22-38(17-15-30(26)37-21-28)31(39)32-16-7-13-27(32)18-23(20-32)8-6-12-25-11-4-5-14-29(25)24-9-2-1-3-10-24/h1-5,9-11,14,19,21,23,27H,6-8,12-13,15-18,20,22H2. The highest BCUT2D eigenvalue weighted by atomic mass is 19.4. The molecule has 1 aromatic heterocycles. The van der Waals surface area contributed by atoms with E-state index in [-0.39, 0.29) is 17.9 Å². The maximum absolute atomic E-state index is 14.0. The Balaban J connectivity index is 1.11. The van der Waals surface area contributed by atoms with Crippen molar-refractivity contribution < 1.29 is 18.0 Å². The van der Waals surface area contributed by atoms with Gasteiger partial charge in [0.2, 0.25) is 5.91 Å². The van der Waals surface area contributed by atoms with Gasteiger partial charge < -0.3 is 4.90 Å². The molecule has 0 N–H and O–H groups in total. The van der Waals surface area contributed by atoms with E-state index >= 15 is 0 Å². The van der Waals surface area contributed by atoms with Crippen LogP contribution in [0.15, 0.2) is 66.9 Å². The Labute approximate surface area is 228 Å². The quantitative estimate of drug-likeness (QED) is 0.324. The summed E-state index contributed by atoms with van der Waals surface area (Å²) in [5.74, 6) is 1.09. The van der Waals surface area contributed by atoms with E-state index in [1.165, 1.54) is 22.8 Å². The fourth-order valence-electron chi connectivity index (χ4n) is 7.63. The molecule has 0 spiro atoms. The van der Waals surface area contributed by atoms with Crippen LogP contribution in [0.4, 0.5) is 13.2 Å². The van der Waals surface area contributed by atoms with Crippen molar-refractivity contribution in [2.24, 2.45) is 17.3 Å². The molecule has 1 amide bonds. The highest BCUT2D eigenvalue weighted by Gasteiger charge is 2.55. The Kier molecular flexibility index (Phi) is 6.98. The lowest BCUT2D eigenvalue weighted by molar-refractivity contribution is -0.144. The number of nitrogens with zero attached hydrogens (tertiary/aromatic N) is 2. The summed E-state index contributed by atoms with van der Waals surface area (Å²) in [6, 6.07) is 20.3. The monoisotopic (exact) mass is 532 g/mol. The molecule has 3 unspecified atom stereocenters. The second-order valence-electron chi connectivity index (χ2n) is 11.8. The van der Waals surface area contributed by atoms with Crippen LogP contribution in [0.1, 0.15) is 67.3 Å². The lowest BCUT2D eigenvalue weighted by Crippen LogP contribution is -2.46. The number of amides is 1. The van der Waals surface area contributed by atoms with Crippen LogP contribution in [0.3, 0.4) is 0 Å². The van der Waals surface area contributed by atoms with E-state index in [2.05, 4.69) is 53.5 Å². The summed E-state index contributed by atoms with van der Waals surface area (Å²) in [5.41, 5.74) is 4.07. The summed E-state index contributed by atoms with van der Waals surface area (Å²) < 4.78 is 39.8. The molecule has 2 fully saturated rings. The molecule has 6 heteroatoms. The Morgan fingerprint density at radius 2 is 1.87 bits per heavy atom. The number of halogens is 3. The molecule has 2 heterocycles. The first kappa shape index (κ1) is 26.1. The Bertz CT molecular complexity index is 1340. The van der Waals surface area contributed by atoms with Gasteiger partial charge in [-0.25, -0.2) is 0 Å². The van der Waals surface area contributed by atoms with Gasteiger partial charge in [0.25, 0.3) is 0 Å². The third-order valence-corrected chi connectivity index (χ3v) is 9.47. The largest absolute Gasteiger partial charge is 0.417 e. The van der Waals surface area contributed by atoms with E-state index in [0.29, 0.717) is 36.1 Å². The maximum Gasteiger partial charge on any atom is 0.417 e. The zero-order valence-electron chi connectivity index (χ0n) is 22.2. The lowest BCUT2D eigenvalue weighted by atomic mass is 9.78. The van der Waals surface area contributed by atoms with Crippen molar-refractivity contribution in [1.82, 2.24) is 9.88 Å². The second kappa shape index (κ2) is 10.4. The average Bonchev–Trinajstić information content (AvgIpc) is 3.50. The predicted octanol–water partition coefficient (Wildman–Crippen LogP) is 7.87. The van der Waals surface area contributed by atoms with Gasteiger partial charge in [-0.15, -0.1) is 0 Å². The molecule has 6 rings (SSSR count). The minimum absolute atomic E-state index is 0.171. The topological polar surface area (TPSA) is 33.2 Å². The molecule has 1 aliphatic heterocycles. The third-order valence-electron chi connectivity index (χ3n) is 9.47. The summed E-state index contributed by atoms with van der Waals surface area (Å²) in [6.07, 6.45) is 5.30. The van der Waals surface area contributed by atoms with Crippen LogP contribution in [0, 0.1) is 17.3 Å². The number of pyridine rings is 1. The Morgan fingerprint density at radius 3 is 2.69 bits per heavy atom. The SMILES string of the molecule is O=C(N1CCc2ncc(C(F)(F)F)cc2C1)C12CCCC1CC(CCCc1ccccc1-c1ccccc1)C2. The maximum atomic E-state index is 14.0. The number of rotatable bonds is 6. The first-order chi connectivity index (χ1) is 18.8. The van der Waals surface area contributed by atoms with Gasteiger partial charge in [-0.05, 0) is 78.7 Å². The van der Waals surface area contributed by atoms with Gasteiger partial charge >= 0.3 is 6.18 Å². The second-order valence-corrected chi connectivity index (χ2v) is 11.8. The molecule has 0 radical (unpaired) electrons. The predicted molar refractivity (Wildman–Crippen MR) is 146 cm³/mol. The van der Waals surface area contributed by atoms with Gasteiger partial charge in [0.1, 0.15) is 0 Å². The zero-order chi connectivity index (χ0) is 27.0. The van der Waals surface area contributed by atoms with Gasteiger partial charge in [0.05, 0.1) is 11.0 Å². The minimum atomic E-state index is -4.43. The van der Waals surface area contributed by atoms with Gasteiger partial charge in [-0.2, -0.15) is 13.2 Å². The van der Waals surface area contributed by atoms with Crippen LogP contribution in [-0.4, -0.2) is 22.3 Å². The van der Waals surface area contributed by atoms with Crippen LogP contribution in [-0.2, 0) is 30.4 Å². The number of carbonyl (C=O) groups is 1. The molecule has 39 heavy (non-hydrogen) atoms. The van der Waals surface area contributed by atoms with Crippen molar-refractivity contribution in [3.8, 4) is 11.1 Å². The smallest absolute Gasteiger partial charge is 0.337 e. The molecule has 3 aromatic rings. The van der Waals surface area contributed by atoms with E-state index in [0.717, 1.165) is 57.6 Å². The number of hydrogen-bond donors (Lipinski definition) is 0.